The second kappa shape index (κ2) is 5.77. The number of fused-ring (bicyclic) bond motifs is 1. The van der Waals surface area contributed by atoms with Crippen LogP contribution >= 0.6 is 0 Å². The van der Waals surface area contributed by atoms with Crippen LogP contribution in [-0.2, 0) is 0 Å². The van der Waals surface area contributed by atoms with Gasteiger partial charge in [-0.15, -0.1) is 0 Å². The summed E-state index contributed by atoms with van der Waals surface area (Å²) in [6.07, 6.45) is 12.0. The monoisotopic (exact) mass is 311 g/mol. The third kappa shape index (κ3) is 2.60. The first-order chi connectivity index (χ1) is 11.2. The molecule has 1 heterocycles. The van der Waals surface area contributed by atoms with Gasteiger partial charge in [-0.25, -0.2) is 0 Å². The van der Waals surface area contributed by atoms with E-state index in [1.54, 1.807) is 12.1 Å². The number of hydrogen-bond donors (Lipinski definition) is 0. The van der Waals surface area contributed by atoms with Crippen molar-refractivity contribution in [3.63, 3.8) is 0 Å². The average molecular weight is 311 g/mol. The van der Waals surface area contributed by atoms with E-state index in [1.165, 1.54) is 56.3 Å². The number of imide groups is 1. The van der Waals surface area contributed by atoms with Crippen LogP contribution in [0.4, 0.5) is 0 Å². The van der Waals surface area contributed by atoms with Gasteiger partial charge < -0.3 is 0 Å². The second-order valence-corrected chi connectivity index (χ2v) is 7.78. The zero-order valence-electron chi connectivity index (χ0n) is 13.7. The van der Waals surface area contributed by atoms with Crippen LogP contribution in [-0.4, -0.2) is 23.3 Å². The quantitative estimate of drug-likeness (QED) is 0.775. The minimum absolute atomic E-state index is 0.103. The normalized spacial score (nSPS) is 23.7. The zero-order chi connectivity index (χ0) is 15.9. The van der Waals surface area contributed by atoms with Gasteiger partial charge in [0, 0.05) is 6.54 Å². The first-order valence-electron chi connectivity index (χ1n) is 9.14. The van der Waals surface area contributed by atoms with E-state index in [9.17, 15) is 9.59 Å². The van der Waals surface area contributed by atoms with Crippen molar-refractivity contribution in [1.29, 1.82) is 0 Å². The van der Waals surface area contributed by atoms with E-state index in [2.05, 4.69) is 0 Å². The van der Waals surface area contributed by atoms with Gasteiger partial charge in [0.25, 0.3) is 11.8 Å². The maximum absolute atomic E-state index is 12.4. The number of carbonyl (C=O) groups is 2. The van der Waals surface area contributed by atoms with Crippen molar-refractivity contribution in [2.24, 2.45) is 11.3 Å². The molecule has 1 aromatic rings. The summed E-state index contributed by atoms with van der Waals surface area (Å²) < 4.78 is 0. The molecule has 1 aromatic carbocycles. The number of benzene rings is 1. The Labute approximate surface area is 138 Å². The Morgan fingerprint density at radius 2 is 1.48 bits per heavy atom. The van der Waals surface area contributed by atoms with Crippen LogP contribution < -0.4 is 0 Å². The Hall–Kier alpha value is -1.64. The van der Waals surface area contributed by atoms with Gasteiger partial charge in [-0.2, -0.15) is 0 Å². The molecule has 0 unspecified atom stereocenters. The average Bonchev–Trinajstić information content (AvgIpc) is 2.72. The van der Waals surface area contributed by atoms with Crippen molar-refractivity contribution in [1.82, 2.24) is 4.90 Å². The summed E-state index contributed by atoms with van der Waals surface area (Å²) >= 11 is 0. The molecule has 0 atom stereocenters. The first-order valence-corrected chi connectivity index (χ1v) is 9.14. The van der Waals surface area contributed by atoms with E-state index in [0.717, 1.165) is 6.42 Å². The largest absolute Gasteiger partial charge is 0.274 e. The van der Waals surface area contributed by atoms with Crippen molar-refractivity contribution in [3.8, 4) is 0 Å². The maximum atomic E-state index is 12.4. The Morgan fingerprint density at radius 3 is 2.04 bits per heavy atom. The molecular formula is C20H25NO2. The third-order valence-corrected chi connectivity index (χ3v) is 6.25. The molecule has 0 aromatic heterocycles. The van der Waals surface area contributed by atoms with Crippen molar-refractivity contribution in [3.05, 3.63) is 35.4 Å². The molecule has 3 heteroatoms. The van der Waals surface area contributed by atoms with E-state index in [1.807, 2.05) is 12.1 Å². The molecule has 2 aliphatic carbocycles. The predicted octanol–water partition coefficient (Wildman–Crippen LogP) is 4.42. The van der Waals surface area contributed by atoms with Gasteiger partial charge in [0.2, 0.25) is 0 Å². The molecule has 0 saturated heterocycles. The van der Waals surface area contributed by atoms with Gasteiger partial charge in [0.15, 0.2) is 0 Å². The van der Waals surface area contributed by atoms with E-state index >= 15 is 0 Å². The highest BCUT2D eigenvalue weighted by atomic mass is 16.2. The van der Waals surface area contributed by atoms with Crippen molar-refractivity contribution >= 4 is 11.8 Å². The molecule has 0 radical (unpaired) electrons. The summed E-state index contributed by atoms with van der Waals surface area (Å²) in [5.41, 5.74) is 1.76. The highest BCUT2D eigenvalue weighted by molar-refractivity contribution is 6.21. The summed E-state index contributed by atoms with van der Waals surface area (Å²) in [4.78, 5) is 26.2. The molecule has 4 rings (SSSR count). The predicted molar refractivity (Wildman–Crippen MR) is 89.3 cm³/mol. The Kier molecular flexibility index (Phi) is 3.74. The SMILES string of the molecule is O=C1c2ccccc2C(=O)N1CCC1CC2(CCCCCC2)C1. The molecular weight excluding hydrogens is 286 g/mol. The van der Waals surface area contributed by atoms with Gasteiger partial charge in [-0.1, -0.05) is 37.8 Å². The molecule has 2 saturated carbocycles. The summed E-state index contributed by atoms with van der Waals surface area (Å²) in [5, 5.41) is 0. The van der Waals surface area contributed by atoms with E-state index in [4.69, 9.17) is 0 Å². The lowest BCUT2D eigenvalue weighted by Gasteiger charge is -2.48. The Morgan fingerprint density at radius 1 is 0.913 bits per heavy atom. The lowest BCUT2D eigenvalue weighted by atomic mass is 9.57. The van der Waals surface area contributed by atoms with E-state index < -0.39 is 0 Å². The summed E-state index contributed by atoms with van der Waals surface area (Å²) in [7, 11) is 0. The maximum Gasteiger partial charge on any atom is 0.261 e. The summed E-state index contributed by atoms with van der Waals surface area (Å²) in [5.74, 6) is 0.501. The number of hydrogen-bond acceptors (Lipinski definition) is 2. The van der Waals surface area contributed by atoms with Crippen LogP contribution in [0.1, 0.15) is 78.5 Å². The summed E-state index contributed by atoms with van der Waals surface area (Å²) in [6, 6.07) is 7.18. The van der Waals surface area contributed by atoms with Gasteiger partial charge in [0.05, 0.1) is 11.1 Å². The Balaban J connectivity index is 1.33. The van der Waals surface area contributed by atoms with Gasteiger partial charge in [-0.3, -0.25) is 14.5 Å². The van der Waals surface area contributed by atoms with Crippen LogP contribution in [0.3, 0.4) is 0 Å². The van der Waals surface area contributed by atoms with Crippen LogP contribution in [0, 0.1) is 11.3 Å². The summed E-state index contributed by atoms with van der Waals surface area (Å²) in [6.45, 7) is 0.590. The van der Waals surface area contributed by atoms with E-state index in [0.29, 0.717) is 29.0 Å². The molecule has 3 nitrogen and oxygen atoms in total. The smallest absolute Gasteiger partial charge is 0.261 e. The van der Waals surface area contributed by atoms with Crippen LogP contribution in [0.25, 0.3) is 0 Å². The lowest BCUT2D eigenvalue weighted by molar-refractivity contribution is 0.0265. The molecule has 2 amide bonds. The fourth-order valence-electron chi connectivity index (χ4n) is 5.01. The highest BCUT2D eigenvalue weighted by Gasteiger charge is 2.44. The van der Waals surface area contributed by atoms with Crippen molar-refractivity contribution < 1.29 is 9.59 Å². The van der Waals surface area contributed by atoms with Crippen molar-refractivity contribution in [2.75, 3.05) is 6.54 Å². The molecule has 0 bridgehead atoms. The second-order valence-electron chi connectivity index (χ2n) is 7.78. The fourth-order valence-corrected chi connectivity index (χ4v) is 5.01. The fraction of sp³-hybridized carbons (Fsp3) is 0.600. The molecule has 1 aliphatic heterocycles. The number of nitrogens with zero attached hydrogens (tertiary/aromatic N) is 1. The highest BCUT2D eigenvalue weighted by Crippen LogP contribution is 2.55. The molecule has 2 fully saturated rings. The van der Waals surface area contributed by atoms with Gasteiger partial charge >= 0.3 is 0 Å². The molecule has 0 N–H and O–H groups in total. The van der Waals surface area contributed by atoms with Crippen LogP contribution in [0.15, 0.2) is 24.3 Å². The molecule has 23 heavy (non-hydrogen) atoms. The Bertz CT molecular complexity index is 585. The molecule has 122 valence electrons. The third-order valence-electron chi connectivity index (χ3n) is 6.25. The van der Waals surface area contributed by atoms with Gasteiger partial charge in [0.1, 0.15) is 0 Å². The van der Waals surface area contributed by atoms with Crippen LogP contribution in [0.2, 0.25) is 0 Å². The van der Waals surface area contributed by atoms with Crippen LogP contribution in [0.5, 0.6) is 0 Å². The standard InChI is InChI=1S/C20H25NO2/c22-18-16-7-3-4-8-17(16)19(23)21(18)12-9-15-13-20(14-15)10-5-1-2-6-11-20/h3-4,7-8,15H,1-2,5-6,9-14H2. The minimum Gasteiger partial charge on any atom is -0.274 e. The first kappa shape index (κ1) is 14.9. The topological polar surface area (TPSA) is 37.4 Å². The molecule has 3 aliphatic rings. The number of amides is 2. The van der Waals surface area contributed by atoms with Crippen molar-refractivity contribution in [2.45, 2.75) is 57.8 Å². The molecule has 1 spiro atoms. The minimum atomic E-state index is -0.103. The van der Waals surface area contributed by atoms with Gasteiger partial charge in [-0.05, 0) is 55.6 Å². The lowest BCUT2D eigenvalue weighted by Crippen LogP contribution is -2.39. The number of carbonyl (C=O) groups excluding carboxylic acids is 2. The van der Waals surface area contributed by atoms with E-state index in [-0.39, 0.29) is 11.8 Å². The zero-order valence-corrected chi connectivity index (χ0v) is 13.7. The number of rotatable bonds is 3.